The maximum Gasteiger partial charge on any atom is 0.250 e. The molecule has 0 fully saturated rings. The number of unbranched alkanes of at least 4 members (excludes halogenated alkanes) is 1. The molecule has 1 N–H and O–H groups in total. The standard InChI is InChI=1S/C13H18BrNO3/c1-3-4-7-18-9-13(16)15-11-8-10(14)5-6-12(11)17-2/h5-6,8H,3-4,7,9H2,1-2H3,(H,15,16). The van der Waals surface area contributed by atoms with Crippen LogP contribution >= 0.6 is 15.9 Å². The summed E-state index contributed by atoms with van der Waals surface area (Å²) in [5, 5.41) is 2.76. The highest BCUT2D eigenvalue weighted by Gasteiger charge is 2.08. The summed E-state index contributed by atoms with van der Waals surface area (Å²) >= 11 is 3.35. The molecule has 0 aliphatic heterocycles. The zero-order valence-electron chi connectivity index (χ0n) is 10.7. The zero-order chi connectivity index (χ0) is 13.4. The molecule has 0 atom stereocenters. The number of rotatable bonds is 7. The van der Waals surface area contributed by atoms with Gasteiger partial charge < -0.3 is 14.8 Å². The largest absolute Gasteiger partial charge is 0.495 e. The molecule has 0 radical (unpaired) electrons. The molecule has 0 heterocycles. The van der Waals surface area contributed by atoms with E-state index in [4.69, 9.17) is 9.47 Å². The number of halogens is 1. The second-order valence-electron chi connectivity index (χ2n) is 3.80. The quantitative estimate of drug-likeness (QED) is 0.786. The number of amides is 1. The van der Waals surface area contributed by atoms with E-state index in [1.54, 1.807) is 19.2 Å². The molecular formula is C13H18BrNO3. The van der Waals surface area contributed by atoms with Crippen LogP contribution in [0.1, 0.15) is 19.8 Å². The molecule has 100 valence electrons. The topological polar surface area (TPSA) is 47.6 Å². The van der Waals surface area contributed by atoms with Gasteiger partial charge in [-0.1, -0.05) is 29.3 Å². The number of ether oxygens (including phenoxy) is 2. The van der Waals surface area contributed by atoms with Gasteiger partial charge in [0.1, 0.15) is 12.4 Å². The van der Waals surface area contributed by atoms with Crippen molar-refractivity contribution in [3.8, 4) is 5.75 Å². The van der Waals surface area contributed by atoms with Gasteiger partial charge in [0.25, 0.3) is 0 Å². The molecule has 1 aromatic rings. The van der Waals surface area contributed by atoms with Crippen LogP contribution in [0, 0.1) is 0 Å². The van der Waals surface area contributed by atoms with Gasteiger partial charge >= 0.3 is 0 Å². The average molecular weight is 316 g/mol. The van der Waals surface area contributed by atoms with Crippen molar-refractivity contribution in [2.75, 3.05) is 25.6 Å². The molecule has 0 aromatic heterocycles. The van der Waals surface area contributed by atoms with Gasteiger partial charge in [0.15, 0.2) is 0 Å². The van der Waals surface area contributed by atoms with Crippen molar-refractivity contribution < 1.29 is 14.3 Å². The molecule has 0 unspecified atom stereocenters. The molecule has 0 spiro atoms. The lowest BCUT2D eigenvalue weighted by atomic mass is 10.3. The summed E-state index contributed by atoms with van der Waals surface area (Å²) in [5.74, 6) is 0.447. The Morgan fingerprint density at radius 3 is 2.89 bits per heavy atom. The van der Waals surface area contributed by atoms with Gasteiger partial charge in [-0.05, 0) is 24.6 Å². The van der Waals surface area contributed by atoms with Gasteiger partial charge in [-0.15, -0.1) is 0 Å². The smallest absolute Gasteiger partial charge is 0.250 e. The Kier molecular flexibility index (Phi) is 6.75. The fraction of sp³-hybridized carbons (Fsp3) is 0.462. The SMILES string of the molecule is CCCCOCC(=O)Nc1cc(Br)ccc1OC. The molecular weight excluding hydrogens is 298 g/mol. The van der Waals surface area contributed by atoms with Crippen LogP contribution in [-0.4, -0.2) is 26.2 Å². The van der Waals surface area contributed by atoms with E-state index in [0.29, 0.717) is 18.0 Å². The molecule has 0 aliphatic carbocycles. The Balaban J connectivity index is 2.50. The number of nitrogens with one attached hydrogen (secondary N) is 1. The second-order valence-corrected chi connectivity index (χ2v) is 4.71. The van der Waals surface area contributed by atoms with Crippen molar-refractivity contribution >= 4 is 27.5 Å². The number of carbonyl (C=O) groups excluding carboxylic acids is 1. The number of carbonyl (C=O) groups is 1. The predicted molar refractivity (Wildman–Crippen MR) is 75.1 cm³/mol. The third-order valence-electron chi connectivity index (χ3n) is 2.31. The molecule has 1 amide bonds. The summed E-state index contributed by atoms with van der Waals surface area (Å²) < 4.78 is 11.3. The second kappa shape index (κ2) is 8.11. The van der Waals surface area contributed by atoms with Crippen molar-refractivity contribution in [3.05, 3.63) is 22.7 Å². The van der Waals surface area contributed by atoms with Crippen LogP contribution in [0.4, 0.5) is 5.69 Å². The number of hydrogen-bond acceptors (Lipinski definition) is 3. The number of methoxy groups -OCH3 is 1. The fourth-order valence-electron chi connectivity index (χ4n) is 1.38. The number of anilines is 1. The Labute approximate surface area is 116 Å². The van der Waals surface area contributed by atoms with E-state index >= 15 is 0 Å². The van der Waals surface area contributed by atoms with Crippen LogP contribution in [0.5, 0.6) is 5.75 Å². The van der Waals surface area contributed by atoms with E-state index in [1.807, 2.05) is 6.07 Å². The third kappa shape index (κ3) is 5.06. The molecule has 18 heavy (non-hydrogen) atoms. The normalized spacial score (nSPS) is 10.2. The predicted octanol–water partition coefficient (Wildman–Crippen LogP) is 3.21. The Morgan fingerprint density at radius 1 is 1.44 bits per heavy atom. The van der Waals surface area contributed by atoms with E-state index in [9.17, 15) is 4.79 Å². The molecule has 1 aromatic carbocycles. The van der Waals surface area contributed by atoms with Gasteiger partial charge in [-0.3, -0.25) is 4.79 Å². The maximum atomic E-state index is 11.6. The molecule has 0 aliphatic rings. The van der Waals surface area contributed by atoms with Gasteiger partial charge in [-0.2, -0.15) is 0 Å². The summed E-state index contributed by atoms with van der Waals surface area (Å²) in [6.07, 6.45) is 2.02. The number of benzene rings is 1. The molecule has 4 nitrogen and oxygen atoms in total. The summed E-state index contributed by atoms with van der Waals surface area (Å²) in [7, 11) is 1.57. The highest BCUT2D eigenvalue weighted by molar-refractivity contribution is 9.10. The Hall–Kier alpha value is -1.07. The highest BCUT2D eigenvalue weighted by atomic mass is 79.9. The summed E-state index contributed by atoms with van der Waals surface area (Å²) in [6.45, 7) is 2.75. The average Bonchev–Trinajstić information content (AvgIpc) is 2.35. The molecule has 0 saturated heterocycles. The molecule has 5 heteroatoms. The lowest BCUT2D eigenvalue weighted by Gasteiger charge is -2.10. The minimum atomic E-state index is -0.178. The highest BCUT2D eigenvalue weighted by Crippen LogP contribution is 2.27. The summed E-state index contributed by atoms with van der Waals surface area (Å²) in [6, 6.07) is 5.44. The van der Waals surface area contributed by atoms with Crippen molar-refractivity contribution in [3.63, 3.8) is 0 Å². The molecule has 0 bridgehead atoms. The van der Waals surface area contributed by atoms with E-state index in [0.717, 1.165) is 17.3 Å². The van der Waals surface area contributed by atoms with Crippen LogP contribution in [0.15, 0.2) is 22.7 Å². The first-order chi connectivity index (χ1) is 8.67. The lowest BCUT2D eigenvalue weighted by Crippen LogP contribution is -2.19. The summed E-state index contributed by atoms with van der Waals surface area (Å²) in [4.78, 5) is 11.6. The van der Waals surface area contributed by atoms with Crippen molar-refractivity contribution in [1.82, 2.24) is 0 Å². The van der Waals surface area contributed by atoms with Gasteiger partial charge in [-0.25, -0.2) is 0 Å². The molecule has 1 rings (SSSR count). The van der Waals surface area contributed by atoms with Crippen LogP contribution < -0.4 is 10.1 Å². The van der Waals surface area contributed by atoms with Crippen molar-refractivity contribution in [2.24, 2.45) is 0 Å². The zero-order valence-corrected chi connectivity index (χ0v) is 12.2. The molecule has 0 saturated carbocycles. The van der Waals surface area contributed by atoms with E-state index in [-0.39, 0.29) is 12.5 Å². The van der Waals surface area contributed by atoms with Crippen LogP contribution in [0.3, 0.4) is 0 Å². The van der Waals surface area contributed by atoms with Crippen LogP contribution in [0.2, 0.25) is 0 Å². The first kappa shape index (κ1) is 15.0. The van der Waals surface area contributed by atoms with Gasteiger partial charge in [0.2, 0.25) is 5.91 Å². The third-order valence-corrected chi connectivity index (χ3v) is 2.80. The Bertz CT molecular complexity index is 396. The maximum absolute atomic E-state index is 11.6. The van der Waals surface area contributed by atoms with Gasteiger partial charge in [0.05, 0.1) is 12.8 Å². The Morgan fingerprint density at radius 2 is 2.22 bits per heavy atom. The fourth-order valence-corrected chi connectivity index (χ4v) is 1.74. The van der Waals surface area contributed by atoms with E-state index < -0.39 is 0 Å². The first-order valence-electron chi connectivity index (χ1n) is 5.88. The van der Waals surface area contributed by atoms with Crippen LogP contribution in [-0.2, 0) is 9.53 Å². The van der Waals surface area contributed by atoms with E-state index in [1.165, 1.54) is 0 Å². The van der Waals surface area contributed by atoms with Gasteiger partial charge in [0, 0.05) is 11.1 Å². The first-order valence-corrected chi connectivity index (χ1v) is 6.67. The van der Waals surface area contributed by atoms with Crippen LogP contribution in [0.25, 0.3) is 0 Å². The summed E-state index contributed by atoms with van der Waals surface area (Å²) in [5.41, 5.74) is 0.635. The van der Waals surface area contributed by atoms with Crippen molar-refractivity contribution in [2.45, 2.75) is 19.8 Å². The van der Waals surface area contributed by atoms with E-state index in [2.05, 4.69) is 28.2 Å². The van der Waals surface area contributed by atoms with Crippen molar-refractivity contribution in [1.29, 1.82) is 0 Å². The monoisotopic (exact) mass is 315 g/mol. The number of hydrogen-bond donors (Lipinski definition) is 1. The minimum Gasteiger partial charge on any atom is -0.495 e. The minimum absolute atomic E-state index is 0.0651. The lowest BCUT2D eigenvalue weighted by molar-refractivity contribution is -0.120.